The lowest BCUT2D eigenvalue weighted by atomic mass is 10.1. The molecule has 0 radical (unpaired) electrons. The number of pyridine rings is 1. The van der Waals surface area contributed by atoms with Crippen LogP contribution in [0.2, 0.25) is 0 Å². The number of nitrogens with zero attached hydrogens (tertiary/aromatic N) is 2. The van der Waals surface area contributed by atoms with Crippen molar-refractivity contribution >= 4 is 78.0 Å². The van der Waals surface area contributed by atoms with Gasteiger partial charge in [-0.2, -0.15) is 0 Å². The summed E-state index contributed by atoms with van der Waals surface area (Å²) in [4.78, 5) is 5.12. The highest BCUT2D eigenvalue weighted by molar-refractivity contribution is 7.85. The summed E-state index contributed by atoms with van der Waals surface area (Å²) in [6.07, 6.45) is 4.08. The van der Waals surface area contributed by atoms with Crippen LogP contribution in [0.4, 0.5) is 0 Å². The SMILES string of the molecule is C/C=C\c1nc2c3cc(P(=O)(c4ccc5ccccc5c4)c4ccc5ccccc5c4)ccc3c3ccccc3n2c1C. The number of aryl methyl sites for hydroxylation is 1. The van der Waals surface area contributed by atoms with Crippen molar-refractivity contribution in [3.05, 3.63) is 145 Å². The third-order valence-corrected chi connectivity index (χ3v) is 11.7. The molecule has 0 bridgehead atoms. The van der Waals surface area contributed by atoms with Crippen LogP contribution in [0, 0.1) is 6.92 Å². The first kappa shape index (κ1) is 25.7. The zero-order valence-corrected chi connectivity index (χ0v) is 24.9. The molecule has 3 nitrogen and oxygen atoms in total. The van der Waals surface area contributed by atoms with Gasteiger partial charge in [0.25, 0.3) is 0 Å². The number of imidazole rings is 1. The molecule has 0 N–H and O–H groups in total. The van der Waals surface area contributed by atoms with Gasteiger partial charge in [0, 0.05) is 32.4 Å². The number of benzene rings is 6. The highest BCUT2D eigenvalue weighted by Crippen LogP contribution is 2.45. The van der Waals surface area contributed by atoms with Crippen LogP contribution >= 0.6 is 7.14 Å². The Morgan fingerprint density at radius 3 is 1.81 bits per heavy atom. The fourth-order valence-corrected chi connectivity index (χ4v) is 9.25. The third kappa shape index (κ3) is 3.89. The van der Waals surface area contributed by atoms with E-state index in [1.807, 2.05) is 49.4 Å². The first-order chi connectivity index (χ1) is 21.1. The molecule has 0 aliphatic heterocycles. The molecule has 0 aliphatic rings. The average Bonchev–Trinajstić information content (AvgIpc) is 3.39. The molecule has 0 spiro atoms. The van der Waals surface area contributed by atoms with Gasteiger partial charge in [0.1, 0.15) is 5.65 Å². The topological polar surface area (TPSA) is 34.4 Å². The zero-order chi connectivity index (χ0) is 29.1. The van der Waals surface area contributed by atoms with Crippen molar-refractivity contribution in [1.29, 1.82) is 0 Å². The van der Waals surface area contributed by atoms with E-state index < -0.39 is 7.14 Å². The lowest BCUT2D eigenvalue weighted by Gasteiger charge is -2.22. The number of fused-ring (bicyclic) bond motifs is 8. The molecule has 43 heavy (non-hydrogen) atoms. The zero-order valence-electron chi connectivity index (χ0n) is 24.0. The maximum absolute atomic E-state index is 15.9. The van der Waals surface area contributed by atoms with Gasteiger partial charge in [-0.1, -0.05) is 109 Å². The van der Waals surface area contributed by atoms with E-state index in [1.165, 1.54) is 0 Å². The highest BCUT2D eigenvalue weighted by atomic mass is 31.2. The molecule has 0 aliphatic carbocycles. The summed E-state index contributed by atoms with van der Waals surface area (Å²) in [6.45, 7) is 4.13. The van der Waals surface area contributed by atoms with Crippen LogP contribution in [0.15, 0.2) is 133 Å². The summed E-state index contributed by atoms with van der Waals surface area (Å²) in [6, 6.07) is 43.8. The van der Waals surface area contributed by atoms with Gasteiger partial charge >= 0.3 is 0 Å². The summed E-state index contributed by atoms with van der Waals surface area (Å²) < 4.78 is 18.1. The van der Waals surface area contributed by atoms with Crippen LogP contribution < -0.4 is 15.9 Å². The minimum absolute atomic E-state index is 0.802. The number of hydrogen-bond donors (Lipinski definition) is 0. The van der Waals surface area contributed by atoms with Crippen molar-refractivity contribution in [2.24, 2.45) is 0 Å². The number of allylic oxidation sites excluding steroid dienone is 1. The minimum Gasteiger partial charge on any atom is -0.309 e. The summed E-state index contributed by atoms with van der Waals surface area (Å²) in [5.41, 5.74) is 4.03. The lowest BCUT2D eigenvalue weighted by molar-refractivity contribution is 0.592. The van der Waals surface area contributed by atoms with Gasteiger partial charge in [-0.25, -0.2) is 4.98 Å². The first-order valence-electron chi connectivity index (χ1n) is 14.6. The number of hydrogen-bond acceptors (Lipinski definition) is 2. The fraction of sp³-hybridized carbons (Fsp3) is 0.0513. The standard InChI is InChI=1S/C39H29N2OP/c1-3-10-37-26(2)41-38-16-9-8-15-35(38)34-22-21-33(25-36(34)39(41)40-37)43(42,31-19-17-27-11-4-6-13-29(27)23-31)32-20-18-28-12-5-7-14-30(28)24-32/h3-25H,1-2H3/b10-3-. The van der Waals surface area contributed by atoms with Crippen LogP contribution in [-0.2, 0) is 4.57 Å². The van der Waals surface area contributed by atoms with Crippen LogP contribution in [0.1, 0.15) is 18.3 Å². The Balaban J connectivity index is 1.48. The molecule has 8 aromatic rings. The van der Waals surface area contributed by atoms with Gasteiger partial charge in [-0.3, -0.25) is 4.40 Å². The Hall–Kier alpha value is -4.98. The summed E-state index contributed by atoms with van der Waals surface area (Å²) >= 11 is 0. The van der Waals surface area contributed by atoms with E-state index >= 15 is 4.57 Å². The Morgan fingerprint density at radius 1 is 0.605 bits per heavy atom. The van der Waals surface area contributed by atoms with Gasteiger partial charge in [0.2, 0.25) is 0 Å². The molecule has 0 saturated carbocycles. The Labute approximate surface area is 250 Å². The quantitative estimate of drug-likeness (QED) is 0.156. The van der Waals surface area contributed by atoms with E-state index in [2.05, 4.69) is 108 Å². The van der Waals surface area contributed by atoms with Gasteiger partial charge in [-0.15, -0.1) is 0 Å². The second-order valence-electron chi connectivity index (χ2n) is 11.2. The van der Waals surface area contributed by atoms with Crippen molar-refractivity contribution in [3.63, 3.8) is 0 Å². The number of rotatable bonds is 4. The van der Waals surface area contributed by atoms with Crippen molar-refractivity contribution < 1.29 is 4.57 Å². The largest absolute Gasteiger partial charge is 0.309 e. The van der Waals surface area contributed by atoms with E-state index in [0.717, 1.165) is 76.2 Å². The maximum atomic E-state index is 15.9. The van der Waals surface area contributed by atoms with Crippen LogP contribution in [0.5, 0.6) is 0 Å². The van der Waals surface area contributed by atoms with Crippen LogP contribution in [-0.4, -0.2) is 9.38 Å². The van der Waals surface area contributed by atoms with Crippen LogP contribution in [0.25, 0.3) is 54.9 Å². The van der Waals surface area contributed by atoms with E-state index in [-0.39, 0.29) is 0 Å². The predicted molar refractivity (Wildman–Crippen MR) is 184 cm³/mol. The Kier molecular flexibility index (Phi) is 5.86. The predicted octanol–water partition coefficient (Wildman–Crippen LogP) is 8.93. The minimum atomic E-state index is -3.30. The van der Waals surface area contributed by atoms with Crippen molar-refractivity contribution in [2.45, 2.75) is 13.8 Å². The van der Waals surface area contributed by atoms with Crippen LogP contribution in [0.3, 0.4) is 0 Å². The third-order valence-electron chi connectivity index (χ3n) is 8.70. The molecular formula is C39H29N2OP. The maximum Gasteiger partial charge on any atom is 0.171 e. The molecule has 8 rings (SSSR count). The highest BCUT2D eigenvalue weighted by Gasteiger charge is 2.31. The van der Waals surface area contributed by atoms with Gasteiger partial charge in [0.05, 0.1) is 11.2 Å². The van der Waals surface area contributed by atoms with E-state index in [4.69, 9.17) is 4.98 Å². The molecule has 0 unspecified atom stereocenters. The van der Waals surface area contributed by atoms with E-state index in [9.17, 15) is 0 Å². The fourth-order valence-electron chi connectivity index (χ4n) is 6.55. The molecular weight excluding hydrogens is 543 g/mol. The second kappa shape index (κ2) is 9.80. The molecule has 4 heteroatoms. The Bertz CT molecular complexity index is 2390. The monoisotopic (exact) mass is 572 g/mol. The normalized spacial score (nSPS) is 12.4. The van der Waals surface area contributed by atoms with Gasteiger partial charge < -0.3 is 4.57 Å². The molecule has 0 amide bonds. The molecule has 0 fully saturated rings. The van der Waals surface area contributed by atoms with E-state index in [1.54, 1.807) is 0 Å². The van der Waals surface area contributed by atoms with Crippen molar-refractivity contribution in [3.8, 4) is 0 Å². The smallest absolute Gasteiger partial charge is 0.171 e. The van der Waals surface area contributed by atoms with Crippen molar-refractivity contribution in [2.75, 3.05) is 0 Å². The molecule has 206 valence electrons. The molecule has 6 aromatic carbocycles. The second-order valence-corrected chi connectivity index (χ2v) is 13.9. The molecule has 0 atom stereocenters. The molecule has 2 aromatic heterocycles. The average molecular weight is 573 g/mol. The summed E-state index contributed by atoms with van der Waals surface area (Å²) in [5, 5.41) is 10.1. The summed E-state index contributed by atoms with van der Waals surface area (Å²) in [5.74, 6) is 0. The number of aromatic nitrogens is 2. The summed E-state index contributed by atoms with van der Waals surface area (Å²) in [7, 11) is -3.30. The lowest BCUT2D eigenvalue weighted by Crippen LogP contribution is -2.25. The first-order valence-corrected chi connectivity index (χ1v) is 16.3. The molecule has 2 heterocycles. The van der Waals surface area contributed by atoms with Gasteiger partial charge in [-0.05, 0) is 71.1 Å². The molecule has 0 saturated heterocycles. The van der Waals surface area contributed by atoms with Gasteiger partial charge in [0.15, 0.2) is 7.14 Å². The Morgan fingerprint density at radius 2 is 1.16 bits per heavy atom. The van der Waals surface area contributed by atoms with E-state index in [0.29, 0.717) is 0 Å². The van der Waals surface area contributed by atoms with Crippen molar-refractivity contribution in [1.82, 2.24) is 9.38 Å². The number of para-hydroxylation sites is 1.